The van der Waals surface area contributed by atoms with Crippen LogP contribution in [0.5, 0.6) is 5.75 Å². The Bertz CT molecular complexity index is 620. The Morgan fingerprint density at radius 1 is 1.30 bits per heavy atom. The lowest BCUT2D eigenvalue weighted by Gasteiger charge is -2.06. The average Bonchev–Trinajstić information content (AvgIpc) is 2.52. The highest BCUT2D eigenvalue weighted by Gasteiger charge is 2.04. The summed E-state index contributed by atoms with van der Waals surface area (Å²) in [6.07, 6.45) is 3.48. The van der Waals surface area contributed by atoms with Crippen molar-refractivity contribution in [3.63, 3.8) is 0 Å². The first-order valence-corrected chi connectivity index (χ1v) is 7.07. The van der Waals surface area contributed by atoms with E-state index in [2.05, 4.69) is 21.8 Å². The van der Waals surface area contributed by atoms with Crippen LogP contribution in [0.2, 0.25) is 0 Å². The summed E-state index contributed by atoms with van der Waals surface area (Å²) < 4.78 is 5.29. The van der Waals surface area contributed by atoms with E-state index >= 15 is 0 Å². The molecule has 0 aliphatic carbocycles. The summed E-state index contributed by atoms with van der Waals surface area (Å²) >= 11 is 1.58. The third-order valence-corrected chi connectivity index (χ3v) is 3.45. The lowest BCUT2D eigenvalue weighted by molar-refractivity contribution is 0.413. The first kappa shape index (κ1) is 14.4. The molecule has 20 heavy (non-hydrogen) atoms. The van der Waals surface area contributed by atoms with Crippen LogP contribution in [0, 0.1) is 11.8 Å². The molecule has 0 amide bonds. The summed E-state index contributed by atoms with van der Waals surface area (Å²) in [6, 6.07) is 7.75. The minimum absolute atomic E-state index is 0.333. The molecule has 102 valence electrons. The smallest absolute Gasteiger partial charge is 0.187 e. The molecule has 0 saturated carbocycles. The van der Waals surface area contributed by atoms with Crippen molar-refractivity contribution >= 4 is 11.8 Å². The van der Waals surface area contributed by atoms with Gasteiger partial charge in [0, 0.05) is 18.1 Å². The van der Waals surface area contributed by atoms with Gasteiger partial charge in [-0.25, -0.2) is 9.97 Å². The van der Waals surface area contributed by atoms with Gasteiger partial charge in [0.15, 0.2) is 5.16 Å². The Morgan fingerprint density at radius 2 is 2.10 bits per heavy atom. The van der Waals surface area contributed by atoms with Gasteiger partial charge in [-0.1, -0.05) is 29.7 Å². The Labute approximate surface area is 122 Å². The maximum atomic E-state index is 5.41. The molecule has 0 atom stereocenters. The van der Waals surface area contributed by atoms with Gasteiger partial charge in [-0.3, -0.25) is 0 Å². The zero-order valence-electron chi connectivity index (χ0n) is 11.2. The molecule has 0 aliphatic rings. The number of thioether (sulfide) groups is 1. The number of ether oxygens (including phenoxy) is 1. The fourth-order valence-electron chi connectivity index (χ4n) is 1.60. The molecule has 0 unspecified atom stereocenters. The molecule has 2 N–H and O–H groups in total. The van der Waals surface area contributed by atoms with Crippen LogP contribution >= 0.6 is 11.8 Å². The van der Waals surface area contributed by atoms with E-state index in [1.165, 1.54) is 0 Å². The zero-order valence-corrected chi connectivity index (χ0v) is 12.0. The molecule has 0 aliphatic heterocycles. The number of nitrogens with two attached hydrogens (primary N) is 1. The summed E-state index contributed by atoms with van der Waals surface area (Å²) in [7, 11) is 1.63. The number of hydrogen-bond acceptors (Lipinski definition) is 5. The fourth-order valence-corrected chi connectivity index (χ4v) is 2.34. The van der Waals surface area contributed by atoms with Gasteiger partial charge in [0.2, 0.25) is 0 Å². The maximum Gasteiger partial charge on any atom is 0.187 e. The van der Waals surface area contributed by atoms with Gasteiger partial charge in [-0.15, -0.1) is 0 Å². The summed E-state index contributed by atoms with van der Waals surface area (Å²) in [5.74, 6) is 7.41. The molecule has 0 saturated heterocycles. The number of methoxy groups -OCH3 is 1. The third kappa shape index (κ3) is 3.98. The van der Waals surface area contributed by atoms with E-state index in [1.54, 1.807) is 37.3 Å². The Morgan fingerprint density at radius 3 is 2.80 bits per heavy atom. The van der Waals surface area contributed by atoms with E-state index in [1.807, 2.05) is 18.2 Å². The second-order valence-electron chi connectivity index (χ2n) is 3.86. The van der Waals surface area contributed by atoms with Crippen molar-refractivity contribution < 1.29 is 4.74 Å². The van der Waals surface area contributed by atoms with Gasteiger partial charge in [0.1, 0.15) is 5.75 Å². The second kappa shape index (κ2) is 7.53. The van der Waals surface area contributed by atoms with Crippen LogP contribution in [0.1, 0.15) is 11.1 Å². The summed E-state index contributed by atoms with van der Waals surface area (Å²) in [5, 5.41) is 0.762. The predicted octanol–water partition coefficient (Wildman–Crippen LogP) is 2.09. The Balaban J connectivity index is 2.12. The van der Waals surface area contributed by atoms with E-state index < -0.39 is 0 Å². The van der Waals surface area contributed by atoms with E-state index in [0.29, 0.717) is 6.54 Å². The largest absolute Gasteiger partial charge is 0.495 e. The molecule has 0 radical (unpaired) electrons. The topological polar surface area (TPSA) is 61.0 Å². The maximum absolute atomic E-state index is 5.41. The molecule has 2 rings (SSSR count). The monoisotopic (exact) mass is 285 g/mol. The molecular weight excluding hydrogens is 270 g/mol. The SMILES string of the molecule is COc1ccc(CSc2ncccn2)cc1C#CCN. The number of benzene rings is 1. The van der Waals surface area contributed by atoms with E-state index in [9.17, 15) is 0 Å². The number of aromatic nitrogens is 2. The van der Waals surface area contributed by atoms with Gasteiger partial charge >= 0.3 is 0 Å². The highest BCUT2D eigenvalue weighted by molar-refractivity contribution is 7.98. The summed E-state index contributed by atoms with van der Waals surface area (Å²) in [5.41, 5.74) is 7.40. The van der Waals surface area contributed by atoms with Gasteiger partial charge in [-0.2, -0.15) is 0 Å². The van der Waals surface area contributed by atoms with Crippen LogP contribution in [0.4, 0.5) is 0 Å². The normalized spacial score (nSPS) is 9.70. The van der Waals surface area contributed by atoms with Crippen LogP contribution < -0.4 is 10.5 Å². The zero-order chi connectivity index (χ0) is 14.2. The summed E-state index contributed by atoms with van der Waals surface area (Å²) in [4.78, 5) is 8.36. The highest BCUT2D eigenvalue weighted by atomic mass is 32.2. The molecule has 1 aromatic heterocycles. The van der Waals surface area contributed by atoms with Gasteiger partial charge in [-0.05, 0) is 23.8 Å². The van der Waals surface area contributed by atoms with Crippen LogP contribution in [0.25, 0.3) is 0 Å². The molecule has 2 aromatic rings. The second-order valence-corrected chi connectivity index (χ2v) is 4.80. The molecule has 1 heterocycles. The molecular formula is C15H15N3OS. The predicted molar refractivity (Wildman–Crippen MR) is 80.5 cm³/mol. The van der Waals surface area contributed by atoms with Gasteiger partial charge in [0.05, 0.1) is 19.2 Å². The van der Waals surface area contributed by atoms with Crippen molar-refractivity contribution in [3.8, 4) is 17.6 Å². The van der Waals surface area contributed by atoms with Crippen molar-refractivity contribution in [2.75, 3.05) is 13.7 Å². The van der Waals surface area contributed by atoms with Crippen LogP contribution in [0.15, 0.2) is 41.8 Å². The lowest BCUT2D eigenvalue weighted by Crippen LogP contribution is -1.95. The molecule has 0 fully saturated rings. The van der Waals surface area contributed by atoms with Gasteiger partial charge in [0.25, 0.3) is 0 Å². The lowest BCUT2D eigenvalue weighted by atomic mass is 10.1. The minimum atomic E-state index is 0.333. The van der Waals surface area contributed by atoms with Crippen molar-refractivity contribution in [2.45, 2.75) is 10.9 Å². The van der Waals surface area contributed by atoms with E-state index in [4.69, 9.17) is 10.5 Å². The highest BCUT2D eigenvalue weighted by Crippen LogP contribution is 2.23. The molecule has 0 bridgehead atoms. The van der Waals surface area contributed by atoms with Crippen molar-refractivity contribution in [3.05, 3.63) is 47.8 Å². The molecule has 1 aromatic carbocycles. The number of hydrogen-bond donors (Lipinski definition) is 1. The Kier molecular flexibility index (Phi) is 5.42. The van der Waals surface area contributed by atoms with Crippen LogP contribution in [0.3, 0.4) is 0 Å². The quantitative estimate of drug-likeness (QED) is 0.529. The number of nitrogens with zero attached hydrogens (tertiary/aromatic N) is 2. The van der Waals surface area contributed by atoms with Crippen LogP contribution in [-0.2, 0) is 5.75 Å². The number of rotatable bonds is 4. The summed E-state index contributed by atoms with van der Waals surface area (Å²) in [6.45, 7) is 0.333. The standard InChI is InChI=1S/C15H15N3OS/c1-19-14-6-5-12(10-13(14)4-2-7-16)11-20-15-17-8-3-9-18-15/h3,5-6,8-10H,7,11,16H2,1H3. The molecule has 5 heteroatoms. The molecule has 4 nitrogen and oxygen atoms in total. The van der Waals surface area contributed by atoms with Crippen molar-refractivity contribution in [1.82, 2.24) is 9.97 Å². The van der Waals surface area contributed by atoms with Crippen LogP contribution in [-0.4, -0.2) is 23.6 Å². The molecule has 0 spiro atoms. The van der Waals surface area contributed by atoms with E-state index in [-0.39, 0.29) is 0 Å². The van der Waals surface area contributed by atoms with Crippen molar-refractivity contribution in [1.29, 1.82) is 0 Å². The average molecular weight is 285 g/mol. The van der Waals surface area contributed by atoms with Gasteiger partial charge < -0.3 is 10.5 Å². The fraction of sp³-hybridized carbons (Fsp3) is 0.200. The first-order chi connectivity index (χ1) is 9.83. The third-order valence-electron chi connectivity index (χ3n) is 2.50. The first-order valence-electron chi connectivity index (χ1n) is 6.09. The minimum Gasteiger partial charge on any atom is -0.495 e. The van der Waals surface area contributed by atoms with Crippen molar-refractivity contribution in [2.24, 2.45) is 5.73 Å². The Hall–Kier alpha value is -2.03. The van der Waals surface area contributed by atoms with E-state index in [0.717, 1.165) is 27.8 Å².